The Balaban J connectivity index is 1.21. The van der Waals surface area contributed by atoms with Gasteiger partial charge in [0.15, 0.2) is 0 Å². The van der Waals surface area contributed by atoms with Gasteiger partial charge in [-0.3, -0.25) is 19.7 Å². The molecule has 1 aliphatic carbocycles. The van der Waals surface area contributed by atoms with E-state index in [1.165, 1.54) is 43.9 Å². The van der Waals surface area contributed by atoms with Gasteiger partial charge in [0.05, 0.1) is 4.92 Å². The van der Waals surface area contributed by atoms with Crippen LogP contribution in [0.5, 0.6) is 0 Å². The van der Waals surface area contributed by atoms with E-state index in [-0.39, 0.29) is 17.5 Å². The normalized spacial score (nSPS) is 16.6. The van der Waals surface area contributed by atoms with Gasteiger partial charge < -0.3 is 15.1 Å². The third kappa shape index (κ3) is 6.91. The van der Waals surface area contributed by atoms with Gasteiger partial charge in [-0.2, -0.15) is 0 Å². The van der Waals surface area contributed by atoms with Crippen LogP contribution in [-0.2, 0) is 9.59 Å². The number of carbonyl (C=O) groups excluding carboxylic acids is 2. The molecule has 1 aliphatic heterocycles. The lowest BCUT2D eigenvalue weighted by Gasteiger charge is -2.36. The highest BCUT2D eigenvalue weighted by molar-refractivity contribution is 6.02. The number of nitro groups is 1. The third-order valence-electron chi connectivity index (χ3n) is 6.90. The van der Waals surface area contributed by atoms with Crippen molar-refractivity contribution < 1.29 is 14.5 Å². The minimum atomic E-state index is -0.457. The van der Waals surface area contributed by atoms with Gasteiger partial charge in [-0.15, -0.1) is 0 Å². The Bertz CT molecular complexity index is 1050. The molecule has 2 amide bonds. The van der Waals surface area contributed by atoms with Gasteiger partial charge in [0.25, 0.3) is 5.69 Å². The summed E-state index contributed by atoms with van der Waals surface area (Å²) in [5.41, 5.74) is 2.48. The molecule has 35 heavy (non-hydrogen) atoms. The largest absolute Gasteiger partial charge is 0.368 e. The smallest absolute Gasteiger partial charge is 0.269 e. The van der Waals surface area contributed by atoms with Crippen LogP contribution >= 0.6 is 0 Å². The van der Waals surface area contributed by atoms with Gasteiger partial charge in [0, 0.05) is 62.2 Å². The minimum Gasteiger partial charge on any atom is -0.368 e. The highest BCUT2D eigenvalue weighted by Gasteiger charge is 2.23. The molecule has 0 bridgehead atoms. The van der Waals surface area contributed by atoms with Crippen molar-refractivity contribution in [3.63, 3.8) is 0 Å². The summed E-state index contributed by atoms with van der Waals surface area (Å²) in [6.45, 7) is 3.10. The monoisotopic (exact) mass is 476 g/mol. The SMILES string of the molecule is O=C(C=Cc1ccc([N+](=O)[O-])cc1)Nc1ccc(N2CCN(C(=O)CCC3CCCC3)CC2)cc1. The van der Waals surface area contributed by atoms with E-state index in [9.17, 15) is 19.7 Å². The molecule has 2 aromatic carbocycles. The first-order valence-corrected chi connectivity index (χ1v) is 12.3. The Morgan fingerprint density at radius 1 is 0.971 bits per heavy atom. The van der Waals surface area contributed by atoms with E-state index < -0.39 is 4.92 Å². The molecule has 2 fully saturated rings. The van der Waals surface area contributed by atoms with E-state index in [0.717, 1.165) is 44.2 Å². The molecule has 0 aromatic heterocycles. The van der Waals surface area contributed by atoms with Gasteiger partial charge in [-0.1, -0.05) is 25.7 Å². The van der Waals surface area contributed by atoms with Crippen molar-refractivity contribution in [3.05, 3.63) is 70.3 Å². The van der Waals surface area contributed by atoms with Gasteiger partial charge in [0.1, 0.15) is 0 Å². The number of nitro benzene ring substituents is 1. The molecular weight excluding hydrogens is 444 g/mol. The Morgan fingerprint density at radius 3 is 2.26 bits per heavy atom. The van der Waals surface area contributed by atoms with E-state index in [1.54, 1.807) is 18.2 Å². The predicted octanol–water partition coefficient (Wildman–Crippen LogP) is 4.87. The van der Waals surface area contributed by atoms with Crippen molar-refractivity contribution >= 4 is 35.0 Å². The number of amides is 2. The first-order chi connectivity index (χ1) is 17.0. The van der Waals surface area contributed by atoms with E-state index in [2.05, 4.69) is 10.2 Å². The van der Waals surface area contributed by atoms with Crippen LogP contribution in [-0.4, -0.2) is 47.8 Å². The molecule has 0 spiro atoms. The van der Waals surface area contributed by atoms with E-state index in [4.69, 9.17) is 0 Å². The van der Waals surface area contributed by atoms with Crippen LogP contribution in [0.4, 0.5) is 17.1 Å². The number of nitrogens with zero attached hydrogens (tertiary/aromatic N) is 3. The number of non-ortho nitro benzene ring substituents is 1. The van der Waals surface area contributed by atoms with Crippen molar-refractivity contribution in [3.8, 4) is 0 Å². The number of nitrogens with one attached hydrogen (secondary N) is 1. The lowest BCUT2D eigenvalue weighted by Crippen LogP contribution is -2.48. The predicted molar refractivity (Wildman–Crippen MR) is 137 cm³/mol. The second kappa shape index (κ2) is 11.6. The molecule has 8 heteroatoms. The summed E-state index contributed by atoms with van der Waals surface area (Å²) >= 11 is 0. The maximum atomic E-state index is 12.6. The van der Waals surface area contributed by atoms with E-state index in [1.807, 2.05) is 29.2 Å². The molecule has 1 N–H and O–H groups in total. The quantitative estimate of drug-likeness (QED) is 0.333. The van der Waals surface area contributed by atoms with Crippen molar-refractivity contribution in [1.82, 2.24) is 4.90 Å². The molecule has 1 saturated carbocycles. The fraction of sp³-hybridized carbons (Fsp3) is 0.407. The molecule has 8 nitrogen and oxygen atoms in total. The maximum Gasteiger partial charge on any atom is 0.269 e. The first-order valence-electron chi connectivity index (χ1n) is 12.3. The van der Waals surface area contributed by atoms with Crippen LogP contribution in [0.25, 0.3) is 6.08 Å². The van der Waals surface area contributed by atoms with Gasteiger partial charge >= 0.3 is 0 Å². The van der Waals surface area contributed by atoms with Crippen LogP contribution < -0.4 is 10.2 Å². The zero-order valence-corrected chi connectivity index (χ0v) is 19.9. The van der Waals surface area contributed by atoms with Crippen molar-refractivity contribution in [2.45, 2.75) is 38.5 Å². The first kappa shape index (κ1) is 24.4. The highest BCUT2D eigenvalue weighted by Crippen LogP contribution is 2.29. The molecule has 4 rings (SSSR count). The summed E-state index contributed by atoms with van der Waals surface area (Å²) in [5.74, 6) is 0.759. The molecule has 1 saturated heterocycles. The van der Waals surface area contributed by atoms with Gasteiger partial charge in [-0.25, -0.2) is 0 Å². The number of piperazine rings is 1. The number of anilines is 2. The maximum absolute atomic E-state index is 12.6. The van der Waals surface area contributed by atoms with E-state index in [0.29, 0.717) is 17.7 Å². The molecular formula is C27H32N4O4. The van der Waals surface area contributed by atoms with Crippen LogP contribution in [0.2, 0.25) is 0 Å². The summed E-state index contributed by atoms with van der Waals surface area (Å²) in [5, 5.41) is 13.5. The number of rotatable bonds is 8. The standard InChI is InChI=1S/C27H32N4O4/c32-26(15-7-22-5-11-25(12-6-22)31(34)35)28-23-9-13-24(14-10-23)29-17-19-30(20-18-29)27(33)16-8-21-3-1-2-4-21/h5-7,9-15,21H,1-4,8,16-20H2,(H,28,32). The fourth-order valence-electron chi connectivity index (χ4n) is 4.82. The average molecular weight is 477 g/mol. The summed E-state index contributed by atoms with van der Waals surface area (Å²) in [7, 11) is 0. The van der Waals surface area contributed by atoms with Crippen LogP contribution in [0.3, 0.4) is 0 Å². The third-order valence-corrected chi connectivity index (χ3v) is 6.90. The van der Waals surface area contributed by atoms with Crippen molar-refractivity contribution in [2.24, 2.45) is 5.92 Å². The Kier molecular flexibility index (Phi) is 8.13. The van der Waals surface area contributed by atoms with Crippen LogP contribution in [0.1, 0.15) is 44.1 Å². The van der Waals surface area contributed by atoms with Crippen LogP contribution in [0.15, 0.2) is 54.6 Å². The Morgan fingerprint density at radius 2 is 1.63 bits per heavy atom. The summed E-state index contributed by atoms with van der Waals surface area (Å²) in [6.07, 6.45) is 9.94. The van der Waals surface area contributed by atoms with Crippen molar-refractivity contribution in [1.29, 1.82) is 0 Å². The zero-order valence-electron chi connectivity index (χ0n) is 19.9. The molecule has 2 aliphatic rings. The second-order valence-corrected chi connectivity index (χ2v) is 9.28. The summed E-state index contributed by atoms with van der Waals surface area (Å²) in [4.78, 5) is 39.3. The molecule has 184 valence electrons. The number of carbonyl (C=O) groups is 2. The number of hydrogen-bond acceptors (Lipinski definition) is 5. The lowest BCUT2D eigenvalue weighted by molar-refractivity contribution is -0.384. The molecule has 0 radical (unpaired) electrons. The lowest BCUT2D eigenvalue weighted by atomic mass is 10.0. The highest BCUT2D eigenvalue weighted by atomic mass is 16.6. The minimum absolute atomic E-state index is 0.0130. The molecule has 1 heterocycles. The molecule has 2 aromatic rings. The number of benzene rings is 2. The van der Waals surface area contributed by atoms with Crippen molar-refractivity contribution in [2.75, 3.05) is 36.4 Å². The Labute approximate surface area is 205 Å². The Hall–Kier alpha value is -3.68. The summed E-state index contributed by atoms with van der Waals surface area (Å²) < 4.78 is 0. The fourth-order valence-corrected chi connectivity index (χ4v) is 4.82. The van der Waals surface area contributed by atoms with Gasteiger partial charge in [-0.05, 0) is 60.4 Å². The van der Waals surface area contributed by atoms with E-state index >= 15 is 0 Å². The topological polar surface area (TPSA) is 95.8 Å². The zero-order chi connectivity index (χ0) is 24.6. The average Bonchev–Trinajstić information content (AvgIpc) is 3.41. The number of hydrogen-bond donors (Lipinski definition) is 1. The van der Waals surface area contributed by atoms with Gasteiger partial charge in [0.2, 0.25) is 11.8 Å². The molecule has 0 atom stereocenters. The van der Waals surface area contributed by atoms with Crippen LogP contribution in [0, 0.1) is 16.0 Å². The second-order valence-electron chi connectivity index (χ2n) is 9.28. The summed E-state index contributed by atoms with van der Waals surface area (Å²) in [6, 6.07) is 13.7. The molecule has 0 unspecified atom stereocenters.